The van der Waals surface area contributed by atoms with Crippen LogP contribution in [0.2, 0.25) is 0 Å². The molecule has 30 heavy (non-hydrogen) atoms. The molecule has 2 aliphatic rings. The molecule has 0 aromatic heterocycles. The smallest absolute Gasteiger partial charge is 0.303 e. The molecule has 2 rings (SSSR count). The molecule has 4 atom stereocenters. The van der Waals surface area contributed by atoms with Crippen molar-refractivity contribution in [3.05, 3.63) is 12.2 Å². The van der Waals surface area contributed by atoms with Crippen LogP contribution in [-0.2, 0) is 19.1 Å². The summed E-state index contributed by atoms with van der Waals surface area (Å²) >= 11 is 0. The van der Waals surface area contributed by atoms with Crippen molar-refractivity contribution in [3.63, 3.8) is 0 Å². The van der Waals surface area contributed by atoms with Gasteiger partial charge in [-0.25, -0.2) is 0 Å². The highest BCUT2D eigenvalue weighted by Gasteiger charge is 2.47. The fourth-order valence-corrected chi connectivity index (χ4v) is 4.62. The van der Waals surface area contributed by atoms with Crippen LogP contribution in [-0.4, -0.2) is 67.1 Å². The minimum Gasteiger partial charge on any atom is -0.481 e. The Labute approximate surface area is 180 Å². The number of hydrogen-bond acceptors (Lipinski definition) is 5. The number of nitrogens with one attached hydrogen (secondary N) is 1. The summed E-state index contributed by atoms with van der Waals surface area (Å²) in [6.45, 7) is 1.91. The Hall–Kier alpha value is -1.73. The SMILES string of the molecule is CN(CCCCCC=O)CC(=O)NC[C@H]1[C@@H](C/C=C\CCCC(=O)O)[C@H]2CC[C@@H]1O2. The molecule has 0 radical (unpaired) electrons. The van der Waals surface area contributed by atoms with Gasteiger partial charge in [-0.2, -0.15) is 0 Å². The van der Waals surface area contributed by atoms with Crippen LogP contribution in [0.4, 0.5) is 0 Å². The first kappa shape index (κ1) is 24.5. The zero-order chi connectivity index (χ0) is 21.8. The van der Waals surface area contributed by atoms with Gasteiger partial charge in [-0.3, -0.25) is 14.5 Å². The molecule has 0 aliphatic carbocycles. The number of likely N-dealkylation sites (N-methyl/N-ethyl adjacent to an activating group) is 1. The van der Waals surface area contributed by atoms with E-state index in [1.807, 2.05) is 11.9 Å². The number of hydrogen-bond donors (Lipinski definition) is 2. The second-order valence-electron chi connectivity index (χ2n) is 8.67. The lowest BCUT2D eigenvalue weighted by molar-refractivity contribution is -0.137. The largest absolute Gasteiger partial charge is 0.481 e. The van der Waals surface area contributed by atoms with Gasteiger partial charge >= 0.3 is 5.97 Å². The Bertz CT molecular complexity index is 580. The van der Waals surface area contributed by atoms with Gasteiger partial charge in [0.15, 0.2) is 0 Å². The molecule has 0 spiro atoms. The number of unbranched alkanes of at least 4 members (excludes halogenated alkanes) is 4. The number of aliphatic carboxylic acids is 1. The van der Waals surface area contributed by atoms with E-state index in [0.29, 0.717) is 37.8 Å². The van der Waals surface area contributed by atoms with Gasteiger partial charge in [-0.05, 0) is 64.5 Å². The van der Waals surface area contributed by atoms with Gasteiger partial charge in [0.25, 0.3) is 0 Å². The molecule has 7 heteroatoms. The number of fused-ring (bicyclic) bond motifs is 2. The van der Waals surface area contributed by atoms with E-state index in [1.165, 1.54) is 0 Å². The molecule has 0 aromatic carbocycles. The number of carboxylic acids is 1. The van der Waals surface area contributed by atoms with Gasteiger partial charge in [0.2, 0.25) is 5.91 Å². The second-order valence-corrected chi connectivity index (χ2v) is 8.67. The first-order valence-electron chi connectivity index (χ1n) is 11.4. The molecule has 1 amide bonds. The van der Waals surface area contributed by atoms with Crippen LogP contribution in [0.5, 0.6) is 0 Å². The normalized spacial score (nSPS) is 25.3. The number of amides is 1. The number of ether oxygens (including phenoxy) is 1. The van der Waals surface area contributed by atoms with Crippen LogP contribution in [0.25, 0.3) is 0 Å². The molecule has 2 N–H and O–H groups in total. The lowest BCUT2D eigenvalue weighted by Gasteiger charge is -2.27. The summed E-state index contributed by atoms with van der Waals surface area (Å²) in [6.07, 6.45) is 14.0. The Kier molecular flexibility index (Phi) is 11.1. The Morgan fingerprint density at radius 1 is 1.07 bits per heavy atom. The van der Waals surface area contributed by atoms with E-state index in [9.17, 15) is 14.4 Å². The summed E-state index contributed by atoms with van der Waals surface area (Å²) in [4.78, 5) is 35.3. The number of carbonyl (C=O) groups excluding carboxylic acids is 2. The average molecular weight is 423 g/mol. The average Bonchev–Trinajstić information content (AvgIpc) is 3.30. The fraction of sp³-hybridized carbons (Fsp3) is 0.783. The maximum atomic E-state index is 12.3. The molecular formula is C23H38N2O5. The monoisotopic (exact) mass is 422 g/mol. The van der Waals surface area contributed by atoms with E-state index in [-0.39, 0.29) is 24.5 Å². The van der Waals surface area contributed by atoms with Crippen molar-refractivity contribution in [1.82, 2.24) is 10.2 Å². The van der Waals surface area contributed by atoms with Gasteiger partial charge < -0.3 is 20.0 Å². The first-order chi connectivity index (χ1) is 14.5. The zero-order valence-electron chi connectivity index (χ0n) is 18.3. The Morgan fingerprint density at radius 2 is 1.83 bits per heavy atom. The van der Waals surface area contributed by atoms with E-state index in [0.717, 1.165) is 57.8 Å². The highest BCUT2D eigenvalue weighted by atomic mass is 16.5. The third kappa shape index (κ3) is 8.56. The number of allylic oxidation sites excluding steroid dienone is 2. The van der Waals surface area contributed by atoms with Gasteiger partial charge in [0, 0.05) is 25.3 Å². The van der Waals surface area contributed by atoms with Crippen LogP contribution in [0.1, 0.15) is 64.2 Å². The molecule has 0 unspecified atom stereocenters. The van der Waals surface area contributed by atoms with Crippen LogP contribution in [0, 0.1) is 11.8 Å². The lowest BCUT2D eigenvalue weighted by atomic mass is 9.77. The standard InChI is InChI=1S/C23H38N2O5/c1-25(14-8-4-5-9-15-26)17-22(27)24-16-19-18(20-12-13-21(19)30-20)10-6-2-3-7-11-23(28)29/h2,6,15,18-21H,3-5,7-14,16-17H2,1H3,(H,24,27)(H,28,29)/b6-2-/t18-,19+,20-,21+/m1/s1. The van der Waals surface area contributed by atoms with Crippen LogP contribution >= 0.6 is 0 Å². The lowest BCUT2D eigenvalue weighted by Crippen LogP contribution is -2.41. The molecule has 2 aliphatic heterocycles. The van der Waals surface area contributed by atoms with Crippen molar-refractivity contribution in [2.75, 3.05) is 26.7 Å². The third-order valence-electron chi connectivity index (χ3n) is 6.24. The summed E-state index contributed by atoms with van der Waals surface area (Å²) in [5.74, 6) is 0.0840. The molecule has 170 valence electrons. The second kappa shape index (κ2) is 13.5. The Balaban J connectivity index is 1.67. The number of carbonyl (C=O) groups is 3. The molecule has 7 nitrogen and oxygen atoms in total. The zero-order valence-corrected chi connectivity index (χ0v) is 18.3. The molecule has 2 bridgehead atoms. The maximum absolute atomic E-state index is 12.3. The fourth-order valence-electron chi connectivity index (χ4n) is 4.62. The third-order valence-corrected chi connectivity index (χ3v) is 6.24. The minimum absolute atomic E-state index is 0.0520. The van der Waals surface area contributed by atoms with Crippen LogP contribution in [0.3, 0.4) is 0 Å². The molecule has 0 saturated carbocycles. The summed E-state index contributed by atoms with van der Waals surface area (Å²) in [7, 11) is 1.96. The van der Waals surface area contributed by atoms with Crippen molar-refractivity contribution >= 4 is 18.2 Å². The van der Waals surface area contributed by atoms with Crippen LogP contribution in [0.15, 0.2) is 12.2 Å². The van der Waals surface area contributed by atoms with E-state index in [2.05, 4.69) is 17.5 Å². The molecule has 2 heterocycles. The van der Waals surface area contributed by atoms with E-state index in [1.54, 1.807) is 0 Å². The maximum Gasteiger partial charge on any atom is 0.303 e. The number of aldehydes is 1. The first-order valence-corrected chi connectivity index (χ1v) is 11.4. The predicted molar refractivity (Wildman–Crippen MR) is 115 cm³/mol. The van der Waals surface area contributed by atoms with Crippen molar-refractivity contribution in [3.8, 4) is 0 Å². The molecule has 2 fully saturated rings. The van der Waals surface area contributed by atoms with Crippen LogP contribution < -0.4 is 5.32 Å². The van der Waals surface area contributed by atoms with Crippen molar-refractivity contribution in [2.24, 2.45) is 11.8 Å². The number of carboxylic acid groups (broad SMARTS) is 1. The van der Waals surface area contributed by atoms with E-state index >= 15 is 0 Å². The van der Waals surface area contributed by atoms with Gasteiger partial charge in [-0.1, -0.05) is 18.6 Å². The van der Waals surface area contributed by atoms with Gasteiger partial charge in [0.1, 0.15) is 6.29 Å². The number of rotatable bonds is 16. The highest BCUT2D eigenvalue weighted by molar-refractivity contribution is 5.78. The van der Waals surface area contributed by atoms with E-state index < -0.39 is 5.97 Å². The number of nitrogens with zero attached hydrogens (tertiary/aromatic N) is 1. The van der Waals surface area contributed by atoms with Crippen molar-refractivity contribution in [2.45, 2.75) is 76.4 Å². The topological polar surface area (TPSA) is 95.9 Å². The summed E-state index contributed by atoms with van der Waals surface area (Å²) in [5.41, 5.74) is 0. The summed E-state index contributed by atoms with van der Waals surface area (Å²) in [6, 6.07) is 0. The van der Waals surface area contributed by atoms with Crippen molar-refractivity contribution in [1.29, 1.82) is 0 Å². The molecular weight excluding hydrogens is 384 g/mol. The van der Waals surface area contributed by atoms with E-state index in [4.69, 9.17) is 9.84 Å². The predicted octanol–water partition coefficient (Wildman–Crippen LogP) is 2.79. The summed E-state index contributed by atoms with van der Waals surface area (Å²) < 4.78 is 6.11. The summed E-state index contributed by atoms with van der Waals surface area (Å²) in [5, 5.41) is 11.8. The van der Waals surface area contributed by atoms with Gasteiger partial charge in [-0.15, -0.1) is 0 Å². The van der Waals surface area contributed by atoms with Crippen molar-refractivity contribution < 1.29 is 24.2 Å². The minimum atomic E-state index is -0.746. The molecule has 0 aromatic rings. The highest BCUT2D eigenvalue weighted by Crippen LogP contribution is 2.44. The van der Waals surface area contributed by atoms with Gasteiger partial charge in [0.05, 0.1) is 18.8 Å². The quantitative estimate of drug-likeness (QED) is 0.226. The Morgan fingerprint density at radius 3 is 2.57 bits per heavy atom. The molecule has 2 saturated heterocycles.